The second-order valence-electron chi connectivity index (χ2n) is 4.57. The van der Waals surface area contributed by atoms with Gasteiger partial charge in [0.25, 0.3) is 5.89 Å². The minimum absolute atomic E-state index is 0.0280. The fourth-order valence-corrected chi connectivity index (χ4v) is 1.23. The average molecular weight is 267 g/mol. The first-order valence-electron chi connectivity index (χ1n) is 5.36. The molecule has 0 fully saturated rings. The van der Waals surface area contributed by atoms with Crippen molar-refractivity contribution in [1.82, 2.24) is 10.1 Å². The molecule has 0 spiro atoms. The summed E-state index contributed by atoms with van der Waals surface area (Å²) in [7, 11) is 0. The Morgan fingerprint density at radius 1 is 1.28 bits per heavy atom. The second kappa shape index (κ2) is 4.51. The molecule has 0 aromatic carbocycles. The van der Waals surface area contributed by atoms with Crippen molar-refractivity contribution in [3.05, 3.63) is 11.7 Å². The van der Waals surface area contributed by atoms with Gasteiger partial charge in [0.2, 0.25) is 5.82 Å². The Morgan fingerprint density at radius 3 is 2.28 bits per heavy atom. The van der Waals surface area contributed by atoms with E-state index in [4.69, 9.17) is 10.5 Å². The summed E-state index contributed by atoms with van der Waals surface area (Å²) in [6.45, 7) is 6.17. The number of aromatic nitrogens is 2. The van der Waals surface area contributed by atoms with E-state index in [0.717, 1.165) is 6.92 Å². The molecule has 0 radical (unpaired) electrons. The monoisotopic (exact) mass is 267 g/mol. The van der Waals surface area contributed by atoms with Crippen LogP contribution in [0.4, 0.5) is 13.2 Å². The lowest BCUT2D eigenvalue weighted by atomic mass is 10.0. The molecular weight excluding hydrogens is 251 g/mol. The number of hydrogen-bond acceptors (Lipinski definition) is 5. The summed E-state index contributed by atoms with van der Waals surface area (Å²) in [5.74, 6) is -0.655. The lowest BCUT2D eigenvalue weighted by Crippen LogP contribution is -2.48. The van der Waals surface area contributed by atoms with Gasteiger partial charge in [-0.25, -0.2) is 0 Å². The van der Waals surface area contributed by atoms with Crippen LogP contribution in [0.25, 0.3) is 0 Å². The first-order valence-corrected chi connectivity index (χ1v) is 5.36. The quantitative estimate of drug-likeness (QED) is 0.904. The van der Waals surface area contributed by atoms with Crippen LogP contribution in [0.1, 0.15) is 39.4 Å². The number of ether oxygens (including phenoxy) is 1. The molecule has 5 nitrogen and oxygen atoms in total. The van der Waals surface area contributed by atoms with Crippen LogP contribution >= 0.6 is 0 Å². The van der Waals surface area contributed by atoms with Crippen LogP contribution < -0.4 is 5.73 Å². The van der Waals surface area contributed by atoms with Gasteiger partial charge in [-0.1, -0.05) is 5.16 Å². The molecule has 1 aromatic rings. The standard InChI is InChI=1S/C10H16F3N3O2/c1-5-17-8(2,3)6-15-7(18-16-6)9(4,14)10(11,12)13/h5,14H2,1-4H3. The summed E-state index contributed by atoms with van der Waals surface area (Å²) in [6.07, 6.45) is -4.67. The van der Waals surface area contributed by atoms with Crippen LogP contribution in [0.5, 0.6) is 0 Å². The van der Waals surface area contributed by atoms with Gasteiger partial charge < -0.3 is 15.0 Å². The lowest BCUT2D eigenvalue weighted by molar-refractivity contribution is -0.190. The first-order chi connectivity index (χ1) is 8.02. The van der Waals surface area contributed by atoms with Gasteiger partial charge in [-0.3, -0.25) is 0 Å². The summed E-state index contributed by atoms with van der Waals surface area (Å²) in [6, 6.07) is 0. The summed E-state index contributed by atoms with van der Waals surface area (Å²) in [4.78, 5) is 3.69. The van der Waals surface area contributed by atoms with Crippen molar-refractivity contribution in [3.8, 4) is 0 Å². The maximum absolute atomic E-state index is 12.7. The highest BCUT2D eigenvalue weighted by molar-refractivity contribution is 5.07. The highest BCUT2D eigenvalue weighted by atomic mass is 19.4. The largest absolute Gasteiger partial charge is 0.415 e. The molecule has 8 heteroatoms. The van der Waals surface area contributed by atoms with Crippen molar-refractivity contribution in [3.63, 3.8) is 0 Å². The zero-order chi connectivity index (χ0) is 14.2. The van der Waals surface area contributed by atoms with E-state index in [0.29, 0.717) is 6.61 Å². The van der Waals surface area contributed by atoms with Crippen LogP contribution in [0.2, 0.25) is 0 Å². The van der Waals surface area contributed by atoms with Gasteiger partial charge in [-0.15, -0.1) is 0 Å². The molecule has 18 heavy (non-hydrogen) atoms. The van der Waals surface area contributed by atoms with E-state index in [1.165, 1.54) is 0 Å². The van der Waals surface area contributed by atoms with Crippen LogP contribution in [-0.2, 0) is 15.9 Å². The zero-order valence-electron chi connectivity index (χ0n) is 10.6. The summed E-state index contributed by atoms with van der Waals surface area (Å²) in [5.41, 5.74) is 1.57. The summed E-state index contributed by atoms with van der Waals surface area (Å²) in [5, 5.41) is 3.50. The topological polar surface area (TPSA) is 74.2 Å². The van der Waals surface area contributed by atoms with Crippen molar-refractivity contribution < 1.29 is 22.4 Å². The third-order valence-electron chi connectivity index (χ3n) is 2.50. The zero-order valence-corrected chi connectivity index (χ0v) is 10.6. The Bertz CT molecular complexity index is 413. The Balaban J connectivity index is 3.08. The van der Waals surface area contributed by atoms with E-state index < -0.39 is 23.2 Å². The van der Waals surface area contributed by atoms with Gasteiger partial charge in [0.05, 0.1) is 0 Å². The van der Waals surface area contributed by atoms with E-state index in [2.05, 4.69) is 14.7 Å². The Kier molecular flexibility index (Phi) is 3.73. The van der Waals surface area contributed by atoms with Gasteiger partial charge in [0, 0.05) is 6.61 Å². The predicted molar refractivity (Wildman–Crippen MR) is 56.5 cm³/mol. The minimum atomic E-state index is -4.67. The van der Waals surface area contributed by atoms with E-state index in [1.807, 2.05) is 0 Å². The SMILES string of the molecule is CCOC(C)(C)c1noc(C(C)(N)C(F)(F)F)n1. The van der Waals surface area contributed by atoms with E-state index in [1.54, 1.807) is 20.8 Å². The fraction of sp³-hybridized carbons (Fsp3) is 0.800. The molecule has 1 rings (SSSR count). The first kappa shape index (κ1) is 14.9. The van der Waals surface area contributed by atoms with Crippen molar-refractivity contribution in [2.45, 2.75) is 45.0 Å². The van der Waals surface area contributed by atoms with Gasteiger partial charge in [0.1, 0.15) is 5.60 Å². The van der Waals surface area contributed by atoms with Crippen LogP contribution in [-0.4, -0.2) is 22.9 Å². The molecule has 1 heterocycles. The molecule has 0 amide bonds. The van der Waals surface area contributed by atoms with Crippen molar-refractivity contribution >= 4 is 0 Å². The van der Waals surface area contributed by atoms with E-state index >= 15 is 0 Å². The lowest BCUT2D eigenvalue weighted by Gasteiger charge is -2.23. The maximum atomic E-state index is 12.7. The van der Waals surface area contributed by atoms with Crippen molar-refractivity contribution in [2.24, 2.45) is 5.73 Å². The number of hydrogen-bond donors (Lipinski definition) is 1. The molecule has 104 valence electrons. The molecule has 0 aliphatic heterocycles. The second-order valence-corrected chi connectivity index (χ2v) is 4.57. The highest BCUT2D eigenvalue weighted by Gasteiger charge is 2.54. The Labute approximate surface area is 102 Å². The number of nitrogens with two attached hydrogens (primary N) is 1. The molecule has 0 saturated carbocycles. The molecule has 2 N–H and O–H groups in total. The maximum Gasteiger partial charge on any atom is 0.415 e. The van der Waals surface area contributed by atoms with Crippen molar-refractivity contribution in [2.75, 3.05) is 6.61 Å². The number of alkyl halides is 3. The molecule has 1 unspecified atom stereocenters. The third kappa shape index (κ3) is 2.64. The molecule has 0 saturated heterocycles. The van der Waals surface area contributed by atoms with Gasteiger partial charge in [-0.2, -0.15) is 18.2 Å². The van der Waals surface area contributed by atoms with E-state index in [9.17, 15) is 13.2 Å². The predicted octanol–water partition coefficient (Wildman–Crippen LogP) is 2.08. The van der Waals surface area contributed by atoms with Gasteiger partial charge in [0.15, 0.2) is 5.54 Å². The average Bonchev–Trinajstić information content (AvgIpc) is 2.64. The van der Waals surface area contributed by atoms with Crippen LogP contribution in [0, 0.1) is 0 Å². The summed E-state index contributed by atoms with van der Waals surface area (Å²) >= 11 is 0. The highest BCUT2D eigenvalue weighted by Crippen LogP contribution is 2.36. The smallest absolute Gasteiger partial charge is 0.368 e. The molecule has 1 aromatic heterocycles. The number of rotatable bonds is 4. The van der Waals surface area contributed by atoms with Gasteiger partial charge in [-0.05, 0) is 27.7 Å². The third-order valence-corrected chi connectivity index (χ3v) is 2.50. The fourth-order valence-electron chi connectivity index (χ4n) is 1.23. The number of nitrogens with zero attached hydrogens (tertiary/aromatic N) is 2. The van der Waals surface area contributed by atoms with Crippen LogP contribution in [0.15, 0.2) is 4.52 Å². The normalized spacial score (nSPS) is 16.7. The van der Waals surface area contributed by atoms with Crippen molar-refractivity contribution in [1.29, 1.82) is 0 Å². The minimum Gasteiger partial charge on any atom is -0.368 e. The Hall–Kier alpha value is -1.15. The van der Waals surface area contributed by atoms with E-state index in [-0.39, 0.29) is 5.82 Å². The molecule has 0 aliphatic carbocycles. The van der Waals surface area contributed by atoms with Crippen LogP contribution in [0.3, 0.4) is 0 Å². The molecule has 1 atom stereocenters. The molecule has 0 aliphatic rings. The molecular formula is C10H16F3N3O2. The van der Waals surface area contributed by atoms with Gasteiger partial charge >= 0.3 is 6.18 Å². The Morgan fingerprint density at radius 2 is 1.83 bits per heavy atom. The summed E-state index contributed by atoms with van der Waals surface area (Å²) < 4.78 is 48.0. The number of halogens is 3. The molecule has 0 bridgehead atoms.